The average Bonchev–Trinajstić information content (AvgIpc) is 2.38. The SMILES string of the molecule is CCc1nc(NC(C)CN2CCOCC2)cc(=O)[nH]1. The molecule has 0 aliphatic carbocycles. The van der Waals surface area contributed by atoms with E-state index in [1.165, 1.54) is 6.07 Å². The lowest BCUT2D eigenvalue weighted by Crippen LogP contribution is -2.42. The van der Waals surface area contributed by atoms with Crippen molar-refractivity contribution in [1.29, 1.82) is 0 Å². The van der Waals surface area contributed by atoms with Gasteiger partial charge in [0.25, 0.3) is 5.56 Å². The zero-order valence-corrected chi connectivity index (χ0v) is 11.6. The molecule has 0 bridgehead atoms. The zero-order chi connectivity index (χ0) is 13.7. The summed E-state index contributed by atoms with van der Waals surface area (Å²) in [5, 5.41) is 3.29. The van der Waals surface area contributed by atoms with Crippen LogP contribution < -0.4 is 10.9 Å². The van der Waals surface area contributed by atoms with E-state index < -0.39 is 0 Å². The zero-order valence-electron chi connectivity index (χ0n) is 11.6. The smallest absolute Gasteiger partial charge is 0.252 e. The van der Waals surface area contributed by atoms with Crippen molar-refractivity contribution in [2.24, 2.45) is 0 Å². The molecular weight excluding hydrogens is 244 g/mol. The number of nitrogens with zero attached hydrogens (tertiary/aromatic N) is 2. The van der Waals surface area contributed by atoms with Gasteiger partial charge in [-0.3, -0.25) is 9.69 Å². The highest BCUT2D eigenvalue weighted by atomic mass is 16.5. The Labute approximate surface area is 113 Å². The first-order valence-corrected chi connectivity index (χ1v) is 6.84. The third-order valence-corrected chi connectivity index (χ3v) is 3.16. The molecule has 1 aromatic rings. The minimum absolute atomic E-state index is 0.104. The average molecular weight is 266 g/mol. The fraction of sp³-hybridized carbons (Fsp3) is 0.692. The van der Waals surface area contributed by atoms with Crippen molar-refractivity contribution in [3.05, 3.63) is 22.2 Å². The molecule has 0 amide bonds. The summed E-state index contributed by atoms with van der Waals surface area (Å²) in [5.74, 6) is 1.37. The normalized spacial score (nSPS) is 18.2. The molecular formula is C13H22N4O2. The Hall–Kier alpha value is -1.40. The van der Waals surface area contributed by atoms with Crippen molar-refractivity contribution in [3.63, 3.8) is 0 Å². The number of aromatic amines is 1. The number of anilines is 1. The predicted octanol–water partition coefficient (Wildman–Crippen LogP) is 0.465. The lowest BCUT2D eigenvalue weighted by Gasteiger charge is -2.29. The van der Waals surface area contributed by atoms with Crippen molar-refractivity contribution in [2.75, 3.05) is 38.2 Å². The molecule has 106 valence electrons. The molecule has 1 fully saturated rings. The van der Waals surface area contributed by atoms with Gasteiger partial charge >= 0.3 is 0 Å². The summed E-state index contributed by atoms with van der Waals surface area (Å²) >= 11 is 0. The number of nitrogens with one attached hydrogen (secondary N) is 2. The Bertz CT molecular complexity index is 454. The highest BCUT2D eigenvalue weighted by Gasteiger charge is 2.14. The molecule has 2 N–H and O–H groups in total. The van der Waals surface area contributed by atoms with Gasteiger partial charge < -0.3 is 15.0 Å². The van der Waals surface area contributed by atoms with E-state index in [-0.39, 0.29) is 11.6 Å². The minimum Gasteiger partial charge on any atom is -0.379 e. The molecule has 0 radical (unpaired) electrons. The van der Waals surface area contributed by atoms with Crippen LogP contribution in [0, 0.1) is 0 Å². The summed E-state index contributed by atoms with van der Waals surface area (Å²) < 4.78 is 5.33. The molecule has 1 aliphatic heterocycles. The van der Waals surface area contributed by atoms with Crippen molar-refractivity contribution < 1.29 is 4.74 Å². The Morgan fingerprint density at radius 2 is 2.26 bits per heavy atom. The standard InChI is InChI=1S/C13H22N4O2/c1-3-11-15-12(8-13(18)16-11)14-10(2)9-17-4-6-19-7-5-17/h8,10H,3-7,9H2,1-2H3,(H2,14,15,16,18). The Morgan fingerprint density at radius 1 is 1.53 bits per heavy atom. The van der Waals surface area contributed by atoms with Gasteiger partial charge in [-0.2, -0.15) is 0 Å². The van der Waals surface area contributed by atoms with Gasteiger partial charge in [-0.15, -0.1) is 0 Å². The fourth-order valence-electron chi connectivity index (χ4n) is 2.22. The van der Waals surface area contributed by atoms with Crippen LogP contribution in [0.25, 0.3) is 0 Å². The number of morpholine rings is 1. The Kier molecular flexibility index (Phi) is 4.93. The largest absolute Gasteiger partial charge is 0.379 e. The summed E-state index contributed by atoms with van der Waals surface area (Å²) in [6.45, 7) is 8.54. The molecule has 0 spiro atoms. The van der Waals surface area contributed by atoms with Crippen LogP contribution in [0.5, 0.6) is 0 Å². The quantitative estimate of drug-likeness (QED) is 0.810. The number of hydrogen-bond acceptors (Lipinski definition) is 5. The summed E-state index contributed by atoms with van der Waals surface area (Å²) in [6.07, 6.45) is 0.725. The predicted molar refractivity (Wildman–Crippen MR) is 74.6 cm³/mol. The van der Waals surface area contributed by atoms with E-state index in [0.717, 1.165) is 39.3 Å². The molecule has 6 nitrogen and oxygen atoms in total. The van der Waals surface area contributed by atoms with Crippen molar-refractivity contribution in [1.82, 2.24) is 14.9 Å². The van der Waals surface area contributed by atoms with Crippen molar-refractivity contribution in [3.8, 4) is 0 Å². The molecule has 2 rings (SSSR count). The van der Waals surface area contributed by atoms with Crippen molar-refractivity contribution in [2.45, 2.75) is 26.3 Å². The molecule has 1 aromatic heterocycles. The van der Waals surface area contributed by atoms with E-state index in [2.05, 4.69) is 27.1 Å². The summed E-state index contributed by atoms with van der Waals surface area (Å²) in [4.78, 5) is 20.9. The van der Waals surface area contributed by atoms with Gasteiger partial charge in [-0.1, -0.05) is 6.92 Å². The topological polar surface area (TPSA) is 70.2 Å². The second-order valence-corrected chi connectivity index (χ2v) is 4.89. The van der Waals surface area contributed by atoms with Crippen LogP contribution >= 0.6 is 0 Å². The Morgan fingerprint density at radius 3 is 2.95 bits per heavy atom. The highest BCUT2D eigenvalue weighted by Crippen LogP contribution is 2.05. The number of H-pyrrole nitrogens is 1. The fourth-order valence-corrected chi connectivity index (χ4v) is 2.22. The van der Waals surface area contributed by atoms with Crippen LogP contribution in [0.2, 0.25) is 0 Å². The Balaban J connectivity index is 1.92. The maximum atomic E-state index is 11.5. The van der Waals surface area contributed by atoms with E-state index in [1.54, 1.807) is 0 Å². The molecule has 1 atom stereocenters. The van der Waals surface area contributed by atoms with Gasteiger partial charge in [0.1, 0.15) is 11.6 Å². The van der Waals surface area contributed by atoms with Gasteiger partial charge in [0, 0.05) is 38.2 Å². The second kappa shape index (κ2) is 6.68. The van der Waals surface area contributed by atoms with Gasteiger partial charge in [-0.05, 0) is 6.92 Å². The first-order valence-electron chi connectivity index (χ1n) is 6.84. The molecule has 0 aromatic carbocycles. The number of aromatic nitrogens is 2. The summed E-state index contributed by atoms with van der Waals surface area (Å²) in [6, 6.07) is 1.76. The minimum atomic E-state index is -0.104. The van der Waals surface area contributed by atoms with Crippen LogP contribution in [0.15, 0.2) is 10.9 Å². The maximum Gasteiger partial charge on any atom is 0.252 e. The molecule has 0 saturated carbocycles. The number of rotatable bonds is 5. The number of hydrogen-bond donors (Lipinski definition) is 2. The van der Waals surface area contributed by atoms with E-state index in [1.807, 2.05) is 6.92 Å². The van der Waals surface area contributed by atoms with Gasteiger partial charge in [0.2, 0.25) is 0 Å². The monoisotopic (exact) mass is 266 g/mol. The molecule has 19 heavy (non-hydrogen) atoms. The molecule has 1 unspecified atom stereocenters. The number of ether oxygens (including phenoxy) is 1. The summed E-state index contributed by atoms with van der Waals surface area (Å²) in [5.41, 5.74) is -0.104. The van der Waals surface area contributed by atoms with Crippen LogP contribution in [-0.2, 0) is 11.2 Å². The molecule has 1 aliphatic rings. The lowest BCUT2D eigenvalue weighted by atomic mass is 10.3. The van der Waals surface area contributed by atoms with Crippen molar-refractivity contribution >= 4 is 5.82 Å². The first kappa shape index (κ1) is 14.0. The maximum absolute atomic E-state index is 11.5. The number of aryl methyl sites for hydroxylation is 1. The van der Waals surface area contributed by atoms with Crippen LogP contribution in [0.3, 0.4) is 0 Å². The molecule has 2 heterocycles. The van der Waals surface area contributed by atoms with Gasteiger partial charge in [0.15, 0.2) is 0 Å². The van der Waals surface area contributed by atoms with E-state index >= 15 is 0 Å². The highest BCUT2D eigenvalue weighted by molar-refractivity contribution is 5.34. The second-order valence-electron chi connectivity index (χ2n) is 4.89. The van der Waals surface area contributed by atoms with E-state index in [0.29, 0.717) is 11.6 Å². The first-order chi connectivity index (χ1) is 9.17. The molecule has 6 heteroatoms. The van der Waals surface area contributed by atoms with Gasteiger partial charge in [0.05, 0.1) is 13.2 Å². The van der Waals surface area contributed by atoms with E-state index in [9.17, 15) is 4.79 Å². The van der Waals surface area contributed by atoms with Crippen LogP contribution in [-0.4, -0.2) is 53.8 Å². The van der Waals surface area contributed by atoms with E-state index in [4.69, 9.17) is 4.74 Å². The van der Waals surface area contributed by atoms with Crippen LogP contribution in [0.4, 0.5) is 5.82 Å². The third-order valence-electron chi connectivity index (χ3n) is 3.16. The summed E-state index contributed by atoms with van der Waals surface area (Å²) in [7, 11) is 0. The lowest BCUT2D eigenvalue weighted by molar-refractivity contribution is 0.0368. The van der Waals surface area contributed by atoms with Gasteiger partial charge in [-0.25, -0.2) is 4.98 Å². The van der Waals surface area contributed by atoms with Crippen LogP contribution in [0.1, 0.15) is 19.7 Å². The third kappa shape index (κ3) is 4.33. The molecule has 1 saturated heterocycles.